The summed E-state index contributed by atoms with van der Waals surface area (Å²) in [5, 5.41) is 32.7. The first-order valence-electron chi connectivity index (χ1n) is 13.5. The number of aliphatic hydroxyl groups excluding tert-OH is 3. The number of rotatable bonds is 0. The Labute approximate surface area is 193 Å². The smallest absolute Gasteiger partial charge is 0.171 e. The molecule has 6 aliphatic rings. The summed E-state index contributed by atoms with van der Waals surface area (Å²) >= 11 is 0. The maximum atomic E-state index is 11.8. The van der Waals surface area contributed by atoms with Crippen LogP contribution in [0.15, 0.2) is 0 Å². The van der Waals surface area contributed by atoms with Gasteiger partial charge >= 0.3 is 0 Å². The first kappa shape index (κ1) is 22.3. The number of fused-ring (bicyclic) bond motifs is 7. The quantitative estimate of drug-likeness (QED) is 0.526. The Morgan fingerprint density at radius 2 is 1.62 bits per heavy atom. The summed E-state index contributed by atoms with van der Waals surface area (Å²) in [7, 11) is 0. The van der Waals surface area contributed by atoms with E-state index >= 15 is 0 Å². The van der Waals surface area contributed by atoms with Crippen molar-refractivity contribution in [3.8, 4) is 0 Å². The van der Waals surface area contributed by atoms with Crippen molar-refractivity contribution < 1.29 is 24.8 Å². The van der Waals surface area contributed by atoms with Crippen molar-refractivity contribution in [1.82, 2.24) is 0 Å². The van der Waals surface area contributed by atoms with E-state index in [1.807, 2.05) is 0 Å². The topological polar surface area (TPSA) is 79.2 Å². The fourth-order valence-electron chi connectivity index (χ4n) is 10.3. The molecule has 6 fully saturated rings. The monoisotopic (exact) mass is 448 g/mol. The predicted molar refractivity (Wildman–Crippen MR) is 121 cm³/mol. The fraction of sp³-hybridized carbons (Fsp3) is 1.00. The van der Waals surface area contributed by atoms with Crippen LogP contribution >= 0.6 is 0 Å². The van der Waals surface area contributed by atoms with Crippen LogP contribution < -0.4 is 0 Å². The lowest BCUT2D eigenvalue weighted by molar-refractivity contribution is -0.282. The summed E-state index contributed by atoms with van der Waals surface area (Å²) < 4.78 is 13.1. The molecule has 0 radical (unpaired) electrons. The van der Waals surface area contributed by atoms with E-state index in [0.717, 1.165) is 45.1 Å². The molecule has 2 aliphatic heterocycles. The third kappa shape index (κ3) is 2.75. The molecule has 4 aliphatic carbocycles. The minimum absolute atomic E-state index is 0.0661. The molecule has 3 N–H and O–H groups in total. The van der Waals surface area contributed by atoms with Gasteiger partial charge in [-0.25, -0.2) is 0 Å². The lowest BCUT2D eigenvalue weighted by Crippen LogP contribution is -2.58. The highest BCUT2D eigenvalue weighted by Gasteiger charge is 2.72. The maximum Gasteiger partial charge on any atom is 0.171 e. The van der Waals surface area contributed by atoms with Crippen LogP contribution in [0.1, 0.15) is 79.1 Å². The Hall–Kier alpha value is -0.200. The molecule has 32 heavy (non-hydrogen) atoms. The second kappa shape index (κ2) is 7.16. The number of ether oxygens (including phenoxy) is 2. The zero-order valence-electron chi connectivity index (χ0n) is 20.4. The average Bonchev–Trinajstić information content (AvgIpc) is 3.15. The van der Waals surface area contributed by atoms with Crippen molar-refractivity contribution >= 4 is 0 Å². The van der Waals surface area contributed by atoms with Gasteiger partial charge < -0.3 is 24.8 Å². The molecule has 0 amide bonds. The Balaban J connectivity index is 1.30. The Kier molecular flexibility index (Phi) is 4.99. The van der Waals surface area contributed by atoms with E-state index in [9.17, 15) is 15.3 Å². The van der Waals surface area contributed by atoms with Crippen molar-refractivity contribution in [2.45, 2.75) is 109 Å². The van der Waals surface area contributed by atoms with Crippen LogP contribution in [0.2, 0.25) is 0 Å². The largest absolute Gasteiger partial charge is 0.390 e. The number of hydrogen-bond donors (Lipinski definition) is 3. The highest BCUT2D eigenvalue weighted by atomic mass is 16.7. The van der Waals surface area contributed by atoms with Gasteiger partial charge in [-0.05, 0) is 85.4 Å². The highest BCUT2D eigenvalue weighted by molar-refractivity contribution is 5.18. The van der Waals surface area contributed by atoms with E-state index in [2.05, 4.69) is 27.7 Å². The molecule has 2 saturated heterocycles. The lowest BCUT2D eigenvalue weighted by Gasteiger charge is -2.62. The minimum Gasteiger partial charge on any atom is -0.390 e. The van der Waals surface area contributed by atoms with Gasteiger partial charge in [0.05, 0.1) is 31.0 Å². The van der Waals surface area contributed by atoms with Crippen LogP contribution in [-0.4, -0.2) is 52.1 Å². The molecule has 0 aromatic heterocycles. The Morgan fingerprint density at radius 1 is 0.844 bits per heavy atom. The molecule has 2 heterocycles. The van der Waals surface area contributed by atoms with Gasteiger partial charge in [0.1, 0.15) is 0 Å². The van der Waals surface area contributed by atoms with Crippen molar-refractivity contribution in [1.29, 1.82) is 0 Å². The fourth-order valence-corrected chi connectivity index (χ4v) is 10.3. The lowest BCUT2D eigenvalue weighted by atomic mass is 9.44. The molecular formula is C27H44O5. The first-order chi connectivity index (χ1) is 15.1. The van der Waals surface area contributed by atoms with Crippen LogP contribution in [0.25, 0.3) is 0 Å². The van der Waals surface area contributed by atoms with E-state index in [-0.39, 0.29) is 22.9 Å². The van der Waals surface area contributed by atoms with Crippen LogP contribution in [-0.2, 0) is 9.47 Å². The number of hydrogen-bond acceptors (Lipinski definition) is 5. The summed E-state index contributed by atoms with van der Waals surface area (Å²) in [6.45, 7) is 10.2. The standard InChI is InChI=1S/C27H44O5/c1-14-7-10-27(31-13-14)15(2)21-24(32-27)23(30)22-17-6-5-16-11-19(28)20(29)12-26(16,4)18(17)8-9-25(21,22)3/h14-24,28-30H,5-13H2,1-4H3/t14-,15+,16+,17-,18-,19-,20-,21+,22-,23+,24-,25-,26+,27-/m1/s1. The van der Waals surface area contributed by atoms with E-state index < -0.39 is 24.1 Å². The highest BCUT2D eigenvalue weighted by Crippen LogP contribution is 2.71. The normalized spacial score (nSPS) is 64.0. The van der Waals surface area contributed by atoms with Gasteiger partial charge in [0, 0.05) is 18.3 Å². The van der Waals surface area contributed by atoms with Crippen LogP contribution in [0.5, 0.6) is 0 Å². The molecule has 14 atom stereocenters. The SMILES string of the molecule is C[C@@H]1CC[C@@]2(OC1)O[C@H]1[C@@H](O)[C@H]3[C@@H]4CC[C@H]5C[C@@H](O)[C@H](O)C[C@]5(C)[C@@H]4CC[C@]3(C)[C@H]1[C@@H]2C. The summed E-state index contributed by atoms with van der Waals surface area (Å²) in [6.07, 6.45) is 6.33. The average molecular weight is 449 g/mol. The van der Waals surface area contributed by atoms with Gasteiger partial charge in [-0.1, -0.05) is 27.7 Å². The van der Waals surface area contributed by atoms with Gasteiger partial charge in [0.25, 0.3) is 0 Å². The van der Waals surface area contributed by atoms with E-state index in [1.165, 1.54) is 6.42 Å². The molecule has 6 rings (SSSR count). The van der Waals surface area contributed by atoms with Crippen molar-refractivity contribution in [3.05, 3.63) is 0 Å². The zero-order valence-corrected chi connectivity index (χ0v) is 20.4. The molecule has 5 nitrogen and oxygen atoms in total. The van der Waals surface area contributed by atoms with Gasteiger partial charge in [0.15, 0.2) is 5.79 Å². The molecule has 0 bridgehead atoms. The summed E-state index contributed by atoms with van der Waals surface area (Å²) in [5.41, 5.74) is 0.146. The van der Waals surface area contributed by atoms with Crippen molar-refractivity contribution in [2.24, 2.45) is 52.3 Å². The van der Waals surface area contributed by atoms with Crippen molar-refractivity contribution in [2.75, 3.05) is 6.61 Å². The molecule has 5 heteroatoms. The third-order valence-electron chi connectivity index (χ3n) is 12.0. The minimum atomic E-state index is -0.606. The van der Waals surface area contributed by atoms with Gasteiger partial charge in [-0.3, -0.25) is 0 Å². The van der Waals surface area contributed by atoms with Gasteiger partial charge in [0.2, 0.25) is 0 Å². The zero-order chi connectivity index (χ0) is 22.6. The molecule has 182 valence electrons. The van der Waals surface area contributed by atoms with Crippen LogP contribution in [0.4, 0.5) is 0 Å². The van der Waals surface area contributed by atoms with E-state index in [4.69, 9.17) is 9.47 Å². The number of aliphatic hydroxyl groups is 3. The second-order valence-electron chi connectivity index (χ2n) is 13.3. The molecule has 4 saturated carbocycles. The predicted octanol–water partition coefficient (Wildman–Crippen LogP) is 3.74. The molecule has 0 unspecified atom stereocenters. The van der Waals surface area contributed by atoms with Crippen LogP contribution in [0, 0.1) is 52.3 Å². The van der Waals surface area contributed by atoms with E-state index in [0.29, 0.717) is 41.9 Å². The van der Waals surface area contributed by atoms with Gasteiger partial charge in [-0.15, -0.1) is 0 Å². The molecule has 0 aromatic rings. The molecule has 1 spiro atoms. The van der Waals surface area contributed by atoms with Crippen molar-refractivity contribution in [3.63, 3.8) is 0 Å². The molecule has 0 aromatic carbocycles. The third-order valence-corrected chi connectivity index (χ3v) is 12.0. The second-order valence-corrected chi connectivity index (χ2v) is 13.3. The summed E-state index contributed by atoms with van der Waals surface area (Å²) in [5.74, 6) is 2.49. The van der Waals surface area contributed by atoms with Crippen LogP contribution in [0.3, 0.4) is 0 Å². The Morgan fingerprint density at radius 3 is 2.34 bits per heavy atom. The maximum absolute atomic E-state index is 11.8. The molecular weight excluding hydrogens is 404 g/mol. The van der Waals surface area contributed by atoms with E-state index in [1.54, 1.807) is 0 Å². The van der Waals surface area contributed by atoms with Gasteiger partial charge in [-0.2, -0.15) is 0 Å². The summed E-state index contributed by atoms with van der Waals surface area (Å²) in [6, 6.07) is 0. The summed E-state index contributed by atoms with van der Waals surface area (Å²) in [4.78, 5) is 0. The first-order valence-corrected chi connectivity index (χ1v) is 13.5. The Bertz CT molecular complexity index is 748.